The molecule has 1 fully saturated rings. The molecule has 1 aromatic carbocycles. The van der Waals surface area contributed by atoms with Gasteiger partial charge in [0.15, 0.2) is 0 Å². The number of rotatable bonds is 3. The van der Waals surface area contributed by atoms with E-state index in [1.165, 1.54) is 16.4 Å². The van der Waals surface area contributed by atoms with Crippen LogP contribution in [0, 0.1) is 10.1 Å². The molecule has 1 aromatic rings. The third kappa shape index (κ3) is 3.34. The van der Waals surface area contributed by atoms with Crippen LogP contribution in [0.25, 0.3) is 0 Å². The maximum Gasteiger partial charge on any atom is 0.289 e. The lowest BCUT2D eigenvalue weighted by atomic mass is 10.3. The number of sulfonamides is 1. The molecule has 0 N–H and O–H groups in total. The van der Waals surface area contributed by atoms with Gasteiger partial charge in [-0.25, -0.2) is 8.42 Å². The Labute approximate surface area is 127 Å². The van der Waals surface area contributed by atoms with E-state index in [0.29, 0.717) is 0 Å². The Balaban J connectivity index is 2.40. The normalized spacial score (nSPS) is 24.0. The second-order valence-corrected chi connectivity index (χ2v) is 7.29. The summed E-state index contributed by atoms with van der Waals surface area (Å²) in [5.74, 6) is 0. The summed E-state index contributed by atoms with van der Waals surface area (Å²) in [4.78, 5) is 10.0. The summed E-state index contributed by atoms with van der Waals surface area (Å²) in [6.45, 7) is 3.98. The van der Waals surface area contributed by atoms with E-state index in [4.69, 9.17) is 16.3 Å². The number of nitrogens with zero attached hydrogens (tertiary/aromatic N) is 2. The first-order chi connectivity index (χ1) is 9.71. The van der Waals surface area contributed by atoms with Gasteiger partial charge in [-0.2, -0.15) is 4.31 Å². The molecule has 116 valence electrons. The topological polar surface area (TPSA) is 89.8 Å². The molecule has 0 bridgehead atoms. The molecule has 0 unspecified atom stereocenters. The number of hydrogen-bond acceptors (Lipinski definition) is 5. The molecule has 7 nitrogen and oxygen atoms in total. The largest absolute Gasteiger partial charge is 0.373 e. The van der Waals surface area contributed by atoms with Crippen LogP contribution in [0.15, 0.2) is 23.1 Å². The molecule has 2 atom stereocenters. The minimum Gasteiger partial charge on any atom is -0.373 e. The number of hydrogen-bond donors (Lipinski definition) is 0. The van der Waals surface area contributed by atoms with Crippen LogP contribution >= 0.6 is 11.6 Å². The lowest BCUT2D eigenvalue weighted by Crippen LogP contribution is -2.48. The van der Waals surface area contributed by atoms with Gasteiger partial charge >= 0.3 is 0 Å². The molecular weight excluding hydrogens is 320 g/mol. The predicted octanol–water partition coefficient (Wildman–Crippen LogP) is 2.05. The maximum absolute atomic E-state index is 12.6. The molecule has 21 heavy (non-hydrogen) atoms. The fourth-order valence-electron chi connectivity index (χ4n) is 2.27. The maximum atomic E-state index is 12.6. The average molecular weight is 335 g/mol. The third-order valence-corrected chi connectivity index (χ3v) is 5.29. The van der Waals surface area contributed by atoms with E-state index < -0.39 is 20.6 Å². The lowest BCUT2D eigenvalue weighted by Gasteiger charge is -2.34. The molecule has 0 spiro atoms. The van der Waals surface area contributed by atoms with Crippen molar-refractivity contribution in [2.45, 2.75) is 31.0 Å². The SMILES string of the molecule is C[C@H]1CN(S(=O)(=O)c2ccc(Cl)c([N+](=O)[O-])c2)C[C@H](C)O1. The van der Waals surface area contributed by atoms with E-state index in [2.05, 4.69) is 0 Å². The van der Waals surface area contributed by atoms with E-state index in [1.807, 2.05) is 0 Å². The molecule has 0 aliphatic carbocycles. The zero-order valence-electron chi connectivity index (χ0n) is 11.5. The second-order valence-electron chi connectivity index (χ2n) is 4.95. The number of halogens is 1. The Morgan fingerprint density at radius 1 is 1.33 bits per heavy atom. The molecule has 1 saturated heterocycles. The Morgan fingerprint density at radius 2 is 1.90 bits per heavy atom. The van der Waals surface area contributed by atoms with Crippen LogP contribution in [-0.4, -0.2) is 42.9 Å². The van der Waals surface area contributed by atoms with Crippen LogP contribution in [0.5, 0.6) is 0 Å². The first-order valence-electron chi connectivity index (χ1n) is 6.31. The average Bonchev–Trinajstić information content (AvgIpc) is 2.37. The van der Waals surface area contributed by atoms with Crippen molar-refractivity contribution < 1.29 is 18.1 Å². The fourth-order valence-corrected chi connectivity index (χ4v) is 4.07. The molecule has 0 radical (unpaired) electrons. The van der Waals surface area contributed by atoms with Gasteiger partial charge in [0.1, 0.15) is 5.02 Å². The highest BCUT2D eigenvalue weighted by atomic mass is 35.5. The lowest BCUT2D eigenvalue weighted by molar-refractivity contribution is -0.384. The summed E-state index contributed by atoms with van der Waals surface area (Å²) in [5, 5.41) is 10.8. The smallest absolute Gasteiger partial charge is 0.289 e. The van der Waals surface area contributed by atoms with E-state index in [9.17, 15) is 18.5 Å². The molecule has 0 saturated carbocycles. The van der Waals surface area contributed by atoms with Gasteiger partial charge in [-0.05, 0) is 26.0 Å². The minimum atomic E-state index is -3.81. The fraction of sp³-hybridized carbons (Fsp3) is 0.500. The summed E-state index contributed by atoms with van der Waals surface area (Å²) in [6.07, 6.45) is -0.461. The van der Waals surface area contributed by atoms with Gasteiger partial charge in [0, 0.05) is 19.2 Å². The number of nitro groups is 1. The van der Waals surface area contributed by atoms with Crippen LogP contribution in [0.4, 0.5) is 5.69 Å². The first-order valence-corrected chi connectivity index (χ1v) is 8.13. The Kier molecular flexibility index (Phi) is 4.52. The van der Waals surface area contributed by atoms with Crippen LogP contribution < -0.4 is 0 Å². The number of benzene rings is 1. The number of morpholine rings is 1. The number of ether oxygens (including phenoxy) is 1. The summed E-state index contributed by atoms with van der Waals surface area (Å²) in [6, 6.07) is 3.48. The molecule has 1 aliphatic heterocycles. The zero-order valence-corrected chi connectivity index (χ0v) is 13.1. The van der Waals surface area contributed by atoms with E-state index in [0.717, 1.165) is 6.07 Å². The highest BCUT2D eigenvalue weighted by molar-refractivity contribution is 7.89. The highest BCUT2D eigenvalue weighted by Gasteiger charge is 2.33. The van der Waals surface area contributed by atoms with Crippen molar-refractivity contribution in [1.82, 2.24) is 4.31 Å². The van der Waals surface area contributed by atoms with Crippen molar-refractivity contribution in [3.8, 4) is 0 Å². The first kappa shape index (κ1) is 16.2. The monoisotopic (exact) mass is 334 g/mol. The van der Waals surface area contributed by atoms with Crippen LogP contribution in [0.3, 0.4) is 0 Å². The standard InChI is InChI=1S/C12H15ClN2O5S/c1-8-6-14(7-9(2)20-8)21(18,19)10-3-4-11(13)12(5-10)15(16)17/h3-5,8-9H,6-7H2,1-2H3/t8-,9-/m0/s1. The predicted molar refractivity (Wildman–Crippen MR) is 76.9 cm³/mol. The van der Waals surface area contributed by atoms with Gasteiger partial charge in [-0.3, -0.25) is 10.1 Å². The number of nitro benzene ring substituents is 1. The van der Waals surface area contributed by atoms with Gasteiger partial charge in [0.25, 0.3) is 5.69 Å². The van der Waals surface area contributed by atoms with Gasteiger partial charge in [0.2, 0.25) is 10.0 Å². The minimum absolute atomic E-state index is 0.0948. The Morgan fingerprint density at radius 3 is 2.43 bits per heavy atom. The summed E-state index contributed by atoms with van der Waals surface area (Å²) in [7, 11) is -3.81. The molecule has 0 amide bonds. The van der Waals surface area contributed by atoms with Crippen LogP contribution in [0.2, 0.25) is 5.02 Å². The molecule has 2 rings (SSSR count). The van der Waals surface area contributed by atoms with Crippen LogP contribution in [-0.2, 0) is 14.8 Å². The third-order valence-electron chi connectivity index (χ3n) is 3.14. The van der Waals surface area contributed by atoms with Gasteiger partial charge in [0.05, 0.1) is 22.0 Å². The molecular formula is C12H15ClN2O5S. The Hall–Kier alpha value is -1.22. The Bertz CT molecular complexity index is 654. The molecule has 1 aliphatic rings. The van der Waals surface area contributed by atoms with Gasteiger partial charge in [-0.15, -0.1) is 0 Å². The van der Waals surface area contributed by atoms with E-state index >= 15 is 0 Å². The molecule has 1 heterocycles. The second kappa shape index (κ2) is 5.88. The summed E-state index contributed by atoms with van der Waals surface area (Å²) >= 11 is 5.70. The molecule has 9 heteroatoms. The van der Waals surface area contributed by atoms with Crippen molar-refractivity contribution in [2.24, 2.45) is 0 Å². The quantitative estimate of drug-likeness (QED) is 0.623. The highest BCUT2D eigenvalue weighted by Crippen LogP contribution is 2.29. The van der Waals surface area contributed by atoms with Crippen molar-refractivity contribution in [3.05, 3.63) is 33.3 Å². The van der Waals surface area contributed by atoms with Gasteiger partial charge in [-0.1, -0.05) is 11.6 Å². The molecule has 0 aromatic heterocycles. The summed E-state index contributed by atoms with van der Waals surface area (Å²) in [5.41, 5.74) is -0.424. The van der Waals surface area contributed by atoms with Crippen molar-refractivity contribution in [3.63, 3.8) is 0 Å². The zero-order chi connectivity index (χ0) is 15.8. The van der Waals surface area contributed by atoms with Gasteiger partial charge < -0.3 is 4.74 Å². The van der Waals surface area contributed by atoms with Crippen LogP contribution in [0.1, 0.15) is 13.8 Å². The summed E-state index contributed by atoms with van der Waals surface area (Å²) < 4.78 is 31.9. The van der Waals surface area contributed by atoms with E-state index in [1.54, 1.807) is 13.8 Å². The van der Waals surface area contributed by atoms with Crippen molar-refractivity contribution >= 4 is 27.3 Å². The van der Waals surface area contributed by atoms with E-state index in [-0.39, 0.29) is 35.2 Å². The van der Waals surface area contributed by atoms with Crippen molar-refractivity contribution in [2.75, 3.05) is 13.1 Å². The van der Waals surface area contributed by atoms with Crippen molar-refractivity contribution in [1.29, 1.82) is 0 Å².